The molecule has 35 heavy (non-hydrogen) atoms. The van der Waals surface area contributed by atoms with Gasteiger partial charge in [0.15, 0.2) is 5.92 Å². The van der Waals surface area contributed by atoms with Crippen molar-refractivity contribution in [1.82, 2.24) is 4.90 Å². The molecule has 1 fully saturated rings. The van der Waals surface area contributed by atoms with Gasteiger partial charge in [-0.15, -0.1) is 0 Å². The summed E-state index contributed by atoms with van der Waals surface area (Å²) >= 11 is 0. The maximum Gasteiger partial charge on any atom is 0.416 e. The standard InChI is InChI=1S/C23H22F3N3O6/c1-13-14(5-4-6-18(13)23(24,25)26)11-29-19(30)17(20(31)32)12-28(21(29)33)16-9-7-15(8-10-16)27(2)22(34)35-3/h4-10,17H,11-12H2,1-3H3,(H,31,32). The molecule has 1 saturated heterocycles. The Morgan fingerprint density at radius 2 is 1.77 bits per heavy atom. The summed E-state index contributed by atoms with van der Waals surface area (Å²) in [6.07, 6.45) is -5.27. The molecule has 2 aromatic carbocycles. The van der Waals surface area contributed by atoms with E-state index in [0.29, 0.717) is 10.6 Å². The van der Waals surface area contributed by atoms with E-state index in [9.17, 15) is 37.5 Å². The fourth-order valence-electron chi connectivity index (χ4n) is 3.74. The van der Waals surface area contributed by atoms with Crippen LogP contribution in [0.15, 0.2) is 42.5 Å². The highest BCUT2D eigenvalue weighted by Gasteiger charge is 2.44. The highest BCUT2D eigenvalue weighted by molar-refractivity contribution is 6.12. The summed E-state index contributed by atoms with van der Waals surface area (Å²) in [5, 5.41) is 9.56. The number of nitrogens with zero attached hydrogens (tertiary/aromatic N) is 3. The number of hydrogen-bond acceptors (Lipinski definition) is 5. The van der Waals surface area contributed by atoms with E-state index in [4.69, 9.17) is 0 Å². The number of amides is 4. The van der Waals surface area contributed by atoms with Crippen LogP contribution >= 0.6 is 0 Å². The summed E-state index contributed by atoms with van der Waals surface area (Å²) in [6, 6.07) is 8.41. The molecule has 1 unspecified atom stereocenters. The summed E-state index contributed by atoms with van der Waals surface area (Å²) in [6.45, 7) is 0.230. The summed E-state index contributed by atoms with van der Waals surface area (Å²) in [5.74, 6) is -4.10. The molecule has 9 nitrogen and oxygen atoms in total. The molecule has 2 aromatic rings. The Balaban J connectivity index is 1.96. The lowest BCUT2D eigenvalue weighted by atomic mass is 9.99. The van der Waals surface area contributed by atoms with Crippen molar-refractivity contribution < 1.29 is 42.2 Å². The van der Waals surface area contributed by atoms with Crippen LogP contribution in [0.3, 0.4) is 0 Å². The van der Waals surface area contributed by atoms with Gasteiger partial charge in [0.25, 0.3) is 0 Å². The van der Waals surface area contributed by atoms with Gasteiger partial charge in [-0.25, -0.2) is 9.59 Å². The largest absolute Gasteiger partial charge is 0.481 e. The number of urea groups is 1. The molecule has 1 atom stereocenters. The molecule has 4 amide bonds. The van der Waals surface area contributed by atoms with E-state index in [1.165, 1.54) is 56.3 Å². The third-order valence-corrected chi connectivity index (χ3v) is 5.77. The number of anilines is 2. The maximum atomic E-state index is 13.3. The first-order valence-corrected chi connectivity index (χ1v) is 10.3. The minimum Gasteiger partial charge on any atom is -0.481 e. The van der Waals surface area contributed by atoms with Gasteiger partial charge in [0.2, 0.25) is 5.91 Å². The number of aliphatic carboxylic acids is 1. The van der Waals surface area contributed by atoms with E-state index < -0.39 is 54.7 Å². The van der Waals surface area contributed by atoms with Gasteiger partial charge in [-0.3, -0.25) is 24.3 Å². The Morgan fingerprint density at radius 1 is 1.14 bits per heavy atom. The number of methoxy groups -OCH3 is 1. The van der Waals surface area contributed by atoms with Crippen LogP contribution in [-0.2, 0) is 27.0 Å². The van der Waals surface area contributed by atoms with Crippen molar-refractivity contribution in [2.45, 2.75) is 19.6 Å². The second kappa shape index (κ2) is 9.65. The van der Waals surface area contributed by atoms with Crippen LogP contribution in [0, 0.1) is 12.8 Å². The van der Waals surface area contributed by atoms with Crippen LogP contribution < -0.4 is 9.80 Å². The van der Waals surface area contributed by atoms with Crippen LogP contribution in [-0.4, -0.2) is 54.7 Å². The zero-order chi connectivity index (χ0) is 26.1. The third-order valence-electron chi connectivity index (χ3n) is 5.77. The van der Waals surface area contributed by atoms with E-state index in [-0.39, 0.29) is 16.8 Å². The number of benzene rings is 2. The second-order valence-corrected chi connectivity index (χ2v) is 7.84. The average Bonchev–Trinajstić information content (AvgIpc) is 2.81. The van der Waals surface area contributed by atoms with Crippen molar-refractivity contribution in [3.05, 3.63) is 59.2 Å². The normalized spacial score (nSPS) is 16.3. The predicted octanol–water partition coefficient (Wildman–Crippen LogP) is 3.89. The number of carbonyl (C=O) groups excluding carboxylic acids is 3. The first-order valence-electron chi connectivity index (χ1n) is 10.3. The number of halogens is 3. The monoisotopic (exact) mass is 493 g/mol. The molecule has 1 heterocycles. The number of ether oxygens (including phenoxy) is 1. The third kappa shape index (κ3) is 5.05. The van der Waals surface area contributed by atoms with Crippen LogP contribution in [0.25, 0.3) is 0 Å². The molecular weight excluding hydrogens is 471 g/mol. The summed E-state index contributed by atoms with van der Waals surface area (Å²) in [5.41, 5.74) is -0.361. The number of carboxylic acids is 1. The van der Waals surface area contributed by atoms with Crippen molar-refractivity contribution in [3.63, 3.8) is 0 Å². The summed E-state index contributed by atoms with van der Waals surface area (Å²) in [4.78, 5) is 52.4. The van der Waals surface area contributed by atoms with Crippen LogP contribution in [0.2, 0.25) is 0 Å². The van der Waals surface area contributed by atoms with Gasteiger partial charge in [-0.2, -0.15) is 13.2 Å². The number of carbonyl (C=O) groups is 4. The Morgan fingerprint density at radius 3 is 2.31 bits per heavy atom. The molecule has 186 valence electrons. The van der Waals surface area contributed by atoms with Gasteiger partial charge in [0.1, 0.15) is 0 Å². The zero-order valence-corrected chi connectivity index (χ0v) is 19.0. The summed E-state index contributed by atoms with van der Waals surface area (Å²) in [7, 11) is 2.68. The van der Waals surface area contributed by atoms with Crippen LogP contribution in [0.4, 0.5) is 34.1 Å². The summed E-state index contributed by atoms with van der Waals surface area (Å²) < 4.78 is 44.6. The highest BCUT2D eigenvalue weighted by Crippen LogP contribution is 2.34. The van der Waals surface area contributed by atoms with Crippen molar-refractivity contribution in [2.75, 3.05) is 30.5 Å². The van der Waals surface area contributed by atoms with Gasteiger partial charge in [0.05, 0.1) is 19.2 Å². The van der Waals surface area contributed by atoms with Gasteiger partial charge in [-0.1, -0.05) is 12.1 Å². The fraction of sp³-hybridized carbons (Fsp3) is 0.304. The Kier molecular flexibility index (Phi) is 7.04. The smallest absolute Gasteiger partial charge is 0.416 e. The number of imide groups is 1. The predicted molar refractivity (Wildman–Crippen MR) is 118 cm³/mol. The van der Waals surface area contributed by atoms with Gasteiger partial charge < -0.3 is 9.84 Å². The molecular formula is C23H22F3N3O6. The fourth-order valence-corrected chi connectivity index (χ4v) is 3.74. The average molecular weight is 493 g/mol. The number of alkyl halides is 3. The first kappa shape index (κ1) is 25.5. The van der Waals surface area contributed by atoms with Gasteiger partial charge in [0, 0.05) is 25.0 Å². The molecule has 0 spiro atoms. The van der Waals surface area contributed by atoms with E-state index in [1.807, 2.05) is 0 Å². The molecule has 0 bridgehead atoms. The molecule has 1 aliphatic rings. The highest BCUT2D eigenvalue weighted by atomic mass is 19.4. The van der Waals surface area contributed by atoms with Crippen LogP contribution in [0.5, 0.6) is 0 Å². The van der Waals surface area contributed by atoms with E-state index in [1.54, 1.807) is 0 Å². The quantitative estimate of drug-likeness (QED) is 0.634. The van der Waals surface area contributed by atoms with Crippen LogP contribution in [0.1, 0.15) is 16.7 Å². The Labute approximate surface area is 198 Å². The molecule has 1 N–H and O–H groups in total. The molecule has 3 rings (SSSR count). The van der Waals surface area contributed by atoms with E-state index in [2.05, 4.69) is 4.74 Å². The first-order chi connectivity index (χ1) is 16.4. The number of hydrogen-bond donors (Lipinski definition) is 1. The zero-order valence-electron chi connectivity index (χ0n) is 19.0. The molecule has 0 saturated carbocycles. The molecule has 0 aliphatic carbocycles. The van der Waals surface area contributed by atoms with Gasteiger partial charge in [-0.05, 0) is 48.4 Å². The van der Waals surface area contributed by atoms with E-state index in [0.717, 1.165) is 17.0 Å². The minimum atomic E-state index is -4.63. The maximum absolute atomic E-state index is 13.3. The topological polar surface area (TPSA) is 107 Å². The van der Waals surface area contributed by atoms with Crippen molar-refractivity contribution in [3.8, 4) is 0 Å². The van der Waals surface area contributed by atoms with Crippen molar-refractivity contribution in [2.24, 2.45) is 5.92 Å². The molecule has 0 aromatic heterocycles. The number of carboxylic acid groups (broad SMARTS) is 1. The number of rotatable bonds is 5. The molecule has 1 aliphatic heterocycles. The molecule has 0 radical (unpaired) electrons. The van der Waals surface area contributed by atoms with Gasteiger partial charge >= 0.3 is 24.3 Å². The SMILES string of the molecule is COC(=O)N(C)c1ccc(N2CC(C(=O)O)C(=O)N(Cc3cccc(C(F)(F)F)c3C)C2=O)cc1. The van der Waals surface area contributed by atoms with E-state index >= 15 is 0 Å². The lowest BCUT2D eigenvalue weighted by Crippen LogP contribution is -2.58. The lowest BCUT2D eigenvalue weighted by Gasteiger charge is -2.37. The van der Waals surface area contributed by atoms with Crippen molar-refractivity contribution in [1.29, 1.82) is 0 Å². The Hall–Kier alpha value is -4.09. The Bertz CT molecular complexity index is 1170. The lowest BCUT2D eigenvalue weighted by molar-refractivity contribution is -0.150. The molecule has 12 heteroatoms. The minimum absolute atomic E-state index is 0.0579. The second-order valence-electron chi connectivity index (χ2n) is 7.84. The van der Waals surface area contributed by atoms with Crippen molar-refractivity contribution >= 4 is 35.4 Å².